The zero-order valence-corrected chi connectivity index (χ0v) is 15.9. The predicted molar refractivity (Wildman–Crippen MR) is 103 cm³/mol. The molecular formula is C20H26N4O4. The lowest BCUT2D eigenvalue weighted by Crippen LogP contribution is -2.51. The number of amides is 4. The second-order valence-corrected chi connectivity index (χ2v) is 7.55. The van der Waals surface area contributed by atoms with E-state index in [0.717, 1.165) is 58.7 Å². The van der Waals surface area contributed by atoms with Crippen molar-refractivity contribution in [1.82, 2.24) is 15.1 Å². The molecule has 3 aliphatic rings. The number of carbonyl (C=O) groups excluding carboxylic acids is 3. The predicted octanol–water partition coefficient (Wildman–Crippen LogP) is 1.07. The first kappa shape index (κ1) is 18.9. The average molecular weight is 386 g/mol. The van der Waals surface area contributed by atoms with Crippen LogP contribution in [0, 0.1) is 0 Å². The molecule has 28 heavy (non-hydrogen) atoms. The minimum absolute atomic E-state index is 0.0138. The van der Waals surface area contributed by atoms with Crippen LogP contribution in [0.1, 0.15) is 29.6 Å². The largest absolute Gasteiger partial charge is 0.379 e. The Hall–Kier alpha value is -2.45. The molecule has 0 bridgehead atoms. The van der Waals surface area contributed by atoms with E-state index < -0.39 is 6.03 Å². The van der Waals surface area contributed by atoms with Crippen molar-refractivity contribution in [3.05, 3.63) is 29.8 Å². The summed E-state index contributed by atoms with van der Waals surface area (Å²) in [7, 11) is 0. The maximum Gasteiger partial charge on any atom is 0.329 e. The number of nitrogens with one attached hydrogen (secondary N) is 1. The average Bonchev–Trinajstić information content (AvgIpc) is 3.07. The highest BCUT2D eigenvalue weighted by molar-refractivity contribution is 6.12. The molecular weight excluding hydrogens is 360 g/mol. The van der Waals surface area contributed by atoms with Crippen LogP contribution in [0.2, 0.25) is 0 Å². The summed E-state index contributed by atoms with van der Waals surface area (Å²) >= 11 is 0. The Morgan fingerprint density at radius 2 is 1.82 bits per heavy atom. The maximum atomic E-state index is 13.1. The highest BCUT2D eigenvalue weighted by Crippen LogP contribution is 2.23. The first-order valence-corrected chi connectivity index (χ1v) is 9.94. The molecule has 8 nitrogen and oxygen atoms in total. The van der Waals surface area contributed by atoms with Crippen LogP contribution in [0.5, 0.6) is 0 Å². The molecule has 3 aliphatic heterocycles. The molecule has 1 aromatic rings. The Kier molecular flexibility index (Phi) is 5.59. The number of hydrogen-bond acceptors (Lipinski definition) is 5. The van der Waals surface area contributed by atoms with Gasteiger partial charge in [0.1, 0.15) is 6.54 Å². The number of benzene rings is 1. The number of piperidine rings is 1. The van der Waals surface area contributed by atoms with Gasteiger partial charge in [0, 0.05) is 43.5 Å². The molecule has 3 heterocycles. The summed E-state index contributed by atoms with van der Waals surface area (Å²) in [6, 6.07) is 6.74. The van der Waals surface area contributed by atoms with Crippen LogP contribution in [-0.2, 0) is 9.53 Å². The second-order valence-electron chi connectivity index (χ2n) is 7.55. The first-order chi connectivity index (χ1) is 13.6. The monoisotopic (exact) mass is 386 g/mol. The van der Waals surface area contributed by atoms with Crippen molar-refractivity contribution >= 4 is 23.5 Å². The van der Waals surface area contributed by atoms with Crippen molar-refractivity contribution in [2.45, 2.75) is 25.3 Å². The smallest absolute Gasteiger partial charge is 0.329 e. The van der Waals surface area contributed by atoms with E-state index in [9.17, 15) is 14.4 Å². The molecule has 3 saturated heterocycles. The standard InChI is InChI=1S/C20H26N4O4/c25-18-14-24(20(27)21-18)16-6-4-15(5-7-16)19(26)23-8-2-1-3-17(23)13-22-9-11-28-12-10-22/h4-7,17H,1-3,8-14H2,(H,21,25,27)/t17-/m1/s1. The van der Waals surface area contributed by atoms with Gasteiger partial charge in [-0.15, -0.1) is 0 Å². The van der Waals surface area contributed by atoms with Crippen LogP contribution in [0.15, 0.2) is 24.3 Å². The first-order valence-electron chi connectivity index (χ1n) is 9.94. The van der Waals surface area contributed by atoms with Crippen LogP contribution in [0.25, 0.3) is 0 Å². The van der Waals surface area contributed by atoms with E-state index in [2.05, 4.69) is 10.2 Å². The van der Waals surface area contributed by atoms with Gasteiger partial charge >= 0.3 is 6.03 Å². The molecule has 4 amide bonds. The van der Waals surface area contributed by atoms with Crippen LogP contribution in [0.4, 0.5) is 10.5 Å². The summed E-state index contributed by atoms with van der Waals surface area (Å²) < 4.78 is 5.42. The number of imide groups is 1. The summed E-state index contributed by atoms with van der Waals surface area (Å²) in [5, 5.41) is 2.26. The quantitative estimate of drug-likeness (QED) is 0.783. The minimum Gasteiger partial charge on any atom is -0.379 e. The fourth-order valence-electron chi connectivity index (χ4n) is 4.14. The van der Waals surface area contributed by atoms with Gasteiger partial charge in [0.25, 0.3) is 5.91 Å². The van der Waals surface area contributed by atoms with Crippen molar-refractivity contribution in [3.8, 4) is 0 Å². The molecule has 8 heteroatoms. The molecule has 0 aromatic heterocycles. The van der Waals surface area contributed by atoms with Gasteiger partial charge in [-0.2, -0.15) is 0 Å². The zero-order chi connectivity index (χ0) is 19.5. The van der Waals surface area contributed by atoms with E-state index >= 15 is 0 Å². The molecule has 4 rings (SSSR count). The topological polar surface area (TPSA) is 82.2 Å². The maximum absolute atomic E-state index is 13.1. The number of morpholine rings is 1. The Labute approximate surface area is 164 Å². The number of hydrogen-bond donors (Lipinski definition) is 1. The van der Waals surface area contributed by atoms with E-state index in [0.29, 0.717) is 11.3 Å². The van der Waals surface area contributed by atoms with Gasteiger partial charge in [0.15, 0.2) is 0 Å². The second kappa shape index (κ2) is 8.28. The van der Waals surface area contributed by atoms with Gasteiger partial charge in [-0.05, 0) is 43.5 Å². The third-order valence-electron chi connectivity index (χ3n) is 5.68. The lowest BCUT2D eigenvalue weighted by Gasteiger charge is -2.39. The fourth-order valence-corrected chi connectivity index (χ4v) is 4.14. The highest BCUT2D eigenvalue weighted by atomic mass is 16.5. The third kappa shape index (κ3) is 4.02. The summed E-state index contributed by atoms with van der Waals surface area (Å²) in [5.41, 5.74) is 1.23. The number of ether oxygens (including phenoxy) is 1. The molecule has 1 N–H and O–H groups in total. The van der Waals surface area contributed by atoms with Crippen molar-refractivity contribution in [2.75, 3.05) is 50.8 Å². The summed E-state index contributed by atoms with van der Waals surface area (Å²) in [6.07, 6.45) is 3.20. The molecule has 150 valence electrons. The Balaban J connectivity index is 1.44. The Morgan fingerprint density at radius 3 is 2.50 bits per heavy atom. The minimum atomic E-state index is -0.425. The summed E-state index contributed by atoms with van der Waals surface area (Å²) in [6.45, 7) is 5.04. The van der Waals surface area contributed by atoms with Gasteiger partial charge < -0.3 is 9.64 Å². The molecule has 0 spiro atoms. The Bertz CT molecular complexity index is 745. The third-order valence-corrected chi connectivity index (χ3v) is 5.68. The SMILES string of the molecule is O=C1CN(c2ccc(C(=O)N3CCCC[C@@H]3CN3CCOCC3)cc2)C(=O)N1. The molecule has 0 radical (unpaired) electrons. The summed E-state index contributed by atoms with van der Waals surface area (Å²) in [5.74, 6) is -0.282. The molecule has 1 aromatic carbocycles. The summed E-state index contributed by atoms with van der Waals surface area (Å²) in [4.78, 5) is 42.1. The number of carbonyl (C=O) groups is 3. The van der Waals surface area contributed by atoms with Crippen LogP contribution >= 0.6 is 0 Å². The molecule has 0 saturated carbocycles. The lowest BCUT2D eigenvalue weighted by atomic mass is 10.00. The number of likely N-dealkylation sites (tertiary alicyclic amines) is 1. The number of rotatable bonds is 4. The number of anilines is 1. The normalized spacial score (nSPS) is 23.8. The van der Waals surface area contributed by atoms with E-state index in [1.165, 1.54) is 4.90 Å². The van der Waals surface area contributed by atoms with Gasteiger partial charge in [0.2, 0.25) is 5.91 Å². The van der Waals surface area contributed by atoms with Crippen LogP contribution in [-0.4, -0.2) is 79.6 Å². The van der Waals surface area contributed by atoms with Crippen molar-refractivity contribution in [2.24, 2.45) is 0 Å². The Morgan fingerprint density at radius 1 is 1.07 bits per heavy atom. The van der Waals surface area contributed by atoms with Gasteiger partial charge in [-0.3, -0.25) is 24.7 Å². The van der Waals surface area contributed by atoms with E-state index in [1.807, 2.05) is 4.90 Å². The van der Waals surface area contributed by atoms with Gasteiger partial charge in [0.05, 0.1) is 13.2 Å². The van der Waals surface area contributed by atoms with Crippen molar-refractivity contribution in [3.63, 3.8) is 0 Å². The molecule has 3 fully saturated rings. The van der Waals surface area contributed by atoms with Crippen LogP contribution in [0.3, 0.4) is 0 Å². The lowest BCUT2D eigenvalue weighted by molar-refractivity contribution is -0.117. The van der Waals surface area contributed by atoms with Gasteiger partial charge in [-0.25, -0.2) is 4.79 Å². The van der Waals surface area contributed by atoms with Crippen molar-refractivity contribution < 1.29 is 19.1 Å². The molecule has 0 aliphatic carbocycles. The highest BCUT2D eigenvalue weighted by Gasteiger charge is 2.31. The van der Waals surface area contributed by atoms with E-state index in [-0.39, 0.29) is 24.4 Å². The van der Waals surface area contributed by atoms with E-state index in [1.54, 1.807) is 24.3 Å². The zero-order valence-electron chi connectivity index (χ0n) is 15.9. The van der Waals surface area contributed by atoms with Crippen LogP contribution < -0.4 is 10.2 Å². The molecule has 0 unspecified atom stereocenters. The number of nitrogens with zero attached hydrogens (tertiary/aromatic N) is 3. The molecule has 1 atom stereocenters. The van der Waals surface area contributed by atoms with Crippen molar-refractivity contribution in [1.29, 1.82) is 0 Å². The number of urea groups is 1. The van der Waals surface area contributed by atoms with E-state index in [4.69, 9.17) is 4.74 Å². The van der Waals surface area contributed by atoms with Gasteiger partial charge in [-0.1, -0.05) is 0 Å². The fraction of sp³-hybridized carbons (Fsp3) is 0.550.